The van der Waals surface area contributed by atoms with Gasteiger partial charge >= 0.3 is 128 Å². The molecule has 3 rings (SSSR count). The normalized spacial score (nSPS) is 16.1. The van der Waals surface area contributed by atoms with E-state index in [0.29, 0.717) is 0 Å². The monoisotopic (exact) mass is 294 g/mol. The van der Waals surface area contributed by atoms with Crippen LogP contribution in [0.4, 0.5) is 0 Å². The van der Waals surface area contributed by atoms with Gasteiger partial charge < -0.3 is 0 Å². The van der Waals surface area contributed by atoms with E-state index in [9.17, 15) is 0 Å². The second-order valence-corrected chi connectivity index (χ2v) is 9.83. The molecule has 0 aliphatic heterocycles. The van der Waals surface area contributed by atoms with E-state index < -0.39 is 7.26 Å². The molecule has 0 amide bonds. The van der Waals surface area contributed by atoms with Gasteiger partial charge in [-0.15, -0.1) is 0 Å². The first kappa shape index (κ1) is 14.3. The van der Waals surface area contributed by atoms with Crippen LogP contribution in [0.1, 0.15) is 19.3 Å². The Morgan fingerprint density at radius 2 is 1.33 bits per heavy atom. The average Bonchev–Trinajstić information content (AvgIpc) is 2.85. The van der Waals surface area contributed by atoms with Crippen molar-refractivity contribution in [3.05, 3.63) is 84.2 Å². The second-order valence-electron chi connectivity index (χ2n) is 5.85. The summed E-state index contributed by atoms with van der Waals surface area (Å²) in [5.41, 5.74) is 0. The zero-order chi connectivity index (χ0) is 14.5. The molecule has 1 aliphatic rings. The van der Waals surface area contributed by atoms with Gasteiger partial charge in [0.05, 0.1) is 0 Å². The molecular formula is C20H23P. The number of allylic oxidation sites excluding steroid dienone is 4. The van der Waals surface area contributed by atoms with E-state index in [0.717, 1.165) is 0 Å². The van der Waals surface area contributed by atoms with Crippen LogP contribution in [0.3, 0.4) is 0 Å². The summed E-state index contributed by atoms with van der Waals surface area (Å²) in [6.07, 6.45) is 10.9. The van der Waals surface area contributed by atoms with Crippen LogP contribution in [0, 0.1) is 0 Å². The Balaban J connectivity index is 2.18. The van der Waals surface area contributed by atoms with Gasteiger partial charge in [-0.1, -0.05) is 0 Å². The molecule has 21 heavy (non-hydrogen) atoms. The Bertz CT molecular complexity index is 599. The van der Waals surface area contributed by atoms with Gasteiger partial charge in [-0.25, -0.2) is 0 Å². The van der Waals surface area contributed by atoms with Crippen molar-refractivity contribution in [3.8, 4) is 0 Å². The van der Waals surface area contributed by atoms with Crippen molar-refractivity contribution in [3.63, 3.8) is 0 Å². The summed E-state index contributed by atoms with van der Waals surface area (Å²) >= 11 is 0. The van der Waals surface area contributed by atoms with Gasteiger partial charge in [-0.3, -0.25) is 0 Å². The molecule has 0 bridgehead atoms. The third-order valence-corrected chi connectivity index (χ3v) is 9.02. The fourth-order valence-electron chi connectivity index (χ4n) is 3.19. The molecule has 0 atom stereocenters. The molecule has 1 heteroatoms. The number of rotatable bonds is 3. The number of hydrogen-bond acceptors (Lipinski definition) is 0. The molecule has 0 saturated heterocycles. The first-order chi connectivity index (χ1) is 10.3. The van der Waals surface area contributed by atoms with Crippen molar-refractivity contribution in [2.75, 3.05) is 6.66 Å². The molecule has 2 aromatic rings. The van der Waals surface area contributed by atoms with Gasteiger partial charge in [0, 0.05) is 0 Å². The van der Waals surface area contributed by atoms with E-state index in [4.69, 9.17) is 0 Å². The van der Waals surface area contributed by atoms with Gasteiger partial charge in [-0.05, 0) is 0 Å². The molecule has 0 N–H and O–H groups in total. The van der Waals surface area contributed by atoms with E-state index in [1.54, 1.807) is 5.31 Å². The fourth-order valence-corrected chi connectivity index (χ4v) is 6.91. The van der Waals surface area contributed by atoms with Crippen LogP contribution in [0.5, 0.6) is 0 Å². The predicted molar refractivity (Wildman–Crippen MR) is 97.5 cm³/mol. The summed E-state index contributed by atoms with van der Waals surface area (Å²) in [4.78, 5) is 0. The average molecular weight is 294 g/mol. The molecule has 0 radical (unpaired) electrons. The first-order valence-corrected chi connectivity index (χ1v) is 10.3. The fraction of sp³-hybridized carbons (Fsp3) is 0.200. The van der Waals surface area contributed by atoms with Crippen LogP contribution < -0.4 is 10.6 Å². The molecule has 0 spiro atoms. The van der Waals surface area contributed by atoms with Crippen LogP contribution in [0.15, 0.2) is 84.2 Å². The molecule has 2 aromatic carbocycles. The van der Waals surface area contributed by atoms with E-state index in [1.807, 2.05) is 0 Å². The van der Waals surface area contributed by atoms with Crippen LogP contribution in [0.2, 0.25) is 0 Å². The topological polar surface area (TPSA) is 0 Å². The van der Waals surface area contributed by atoms with Gasteiger partial charge in [0.2, 0.25) is 0 Å². The quantitative estimate of drug-likeness (QED) is 0.723. The summed E-state index contributed by atoms with van der Waals surface area (Å²) in [5.74, 6) is 0. The molecule has 0 heterocycles. The van der Waals surface area contributed by atoms with Crippen molar-refractivity contribution in [1.82, 2.24) is 0 Å². The molecule has 0 saturated carbocycles. The minimum atomic E-state index is -1.86. The first-order valence-electron chi connectivity index (χ1n) is 7.80. The molecule has 108 valence electrons. The summed E-state index contributed by atoms with van der Waals surface area (Å²) < 4.78 is 0. The Morgan fingerprint density at radius 3 is 1.90 bits per heavy atom. The van der Waals surface area contributed by atoms with Gasteiger partial charge in [0.1, 0.15) is 0 Å². The van der Waals surface area contributed by atoms with Gasteiger partial charge in [-0.2, -0.15) is 0 Å². The zero-order valence-corrected chi connectivity index (χ0v) is 13.6. The molecule has 0 aromatic heterocycles. The van der Waals surface area contributed by atoms with Crippen LogP contribution in [-0.4, -0.2) is 6.66 Å². The molecule has 0 nitrogen and oxygen atoms in total. The summed E-state index contributed by atoms with van der Waals surface area (Å²) in [5, 5.41) is 4.54. The zero-order valence-electron chi connectivity index (χ0n) is 12.6. The Hall–Kier alpha value is -1.65. The number of hydrogen-bond donors (Lipinski definition) is 0. The molecule has 0 unspecified atom stereocenters. The third-order valence-electron chi connectivity index (χ3n) is 4.52. The van der Waals surface area contributed by atoms with Crippen molar-refractivity contribution in [1.29, 1.82) is 0 Å². The van der Waals surface area contributed by atoms with Gasteiger partial charge in [0.15, 0.2) is 0 Å². The van der Waals surface area contributed by atoms with Crippen LogP contribution >= 0.6 is 7.26 Å². The van der Waals surface area contributed by atoms with E-state index >= 15 is 0 Å². The van der Waals surface area contributed by atoms with E-state index in [-0.39, 0.29) is 0 Å². The summed E-state index contributed by atoms with van der Waals surface area (Å²) in [6.45, 7) is 2.49. The minimum absolute atomic E-state index is 1.20. The Morgan fingerprint density at radius 1 is 0.762 bits per heavy atom. The maximum absolute atomic E-state index is 2.49. The molecular weight excluding hydrogens is 271 g/mol. The molecule has 1 aliphatic carbocycles. The van der Waals surface area contributed by atoms with Crippen molar-refractivity contribution >= 4 is 17.9 Å². The maximum atomic E-state index is 2.49. The Kier molecular flexibility index (Phi) is 4.36. The van der Waals surface area contributed by atoms with Crippen molar-refractivity contribution < 1.29 is 0 Å². The second kappa shape index (κ2) is 6.41. The SMILES string of the molecule is C[PH](C1=CCCCC=C1)(c1ccccc1)c1ccccc1. The third kappa shape index (κ3) is 2.87. The van der Waals surface area contributed by atoms with Crippen LogP contribution in [-0.2, 0) is 0 Å². The summed E-state index contributed by atoms with van der Waals surface area (Å²) in [7, 11) is -1.86. The standard InChI is InChI=1S/C20H23P/c1-21(19-14-8-4-9-15-19,20-16-10-5-11-17-20)18-12-6-2-3-7-13-18/h4-6,8-17,21H,2-3,7H2,1H3. The van der Waals surface area contributed by atoms with Crippen molar-refractivity contribution in [2.24, 2.45) is 0 Å². The molecule has 0 fully saturated rings. The number of benzene rings is 2. The van der Waals surface area contributed by atoms with Crippen LogP contribution in [0.25, 0.3) is 0 Å². The Labute approximate surface area is 128 Å². The van der Waals surface area contributed by atoms with Gasteiger partial charge in [0.25, 0.3) is 0 Å². The van der Waals surface area contributed by atoms with E-state index in [1.165, 1.54) is 29.9 Å². The van der Waals surface area contributed by atoms with E-state index in [2.05, 4.69) is 85.6 Å². The predicted octanol–water partition coefficient (Wildman–Crippen LogP) is 4.64. The summed E-state index contributed by atoms with van der Waals surface area (Å²) in [6, 6.07) is 22.1. The van der Waals surface area contributed by atoms with Crippen molar-refractivity contribution in [2.45, 2.75) is 19.3 Å².